The summed E-state index contributed by atoms with van der Waals surface area (Å²) in [6.07, 6.45) is 0. The molecule has 3 heterocycles. The minimum absolute atomic E-state index is 0.414. The molecule has 0 radical (unpaired) electrons. The number of benzene rings is 4. The lowest BCUT2D eigenvalue weighted by molar-refractivity contribution is 0.380. The Kier molecular flexibility index (Phi) is 9.21. The Morgan fingerprint density at radius 3 is 1.39 bits per heavy atom. The number of halogens is 13. The van der Waals surface area contributed by atoms with Crippen molar-refractivity contribution in [1.82, 2.24) is 15.0 Å². The zero-order valence-corrected chi connectivity index (χ0v) is 27.5. The van der Waals surface area contributed by atoms with Crippen LogP contribution in [0.3, 0.4) is 0 Å². The normalized spacial score (nSPS) is 13.1. The van der Waals surface area contributed by atoms with Crippen LogP contribution in [-0.2, 0) is 0 Å². The summed E-state index contributed by atoms with van der Waals surface area (Å²) < 4.78 is 189. The van der Waals surface area contributed by atoms with Gasteiger partial charge in [-0.15, -0.1) is 0 Å². The maximum absolute atomic E-state index is 15.1. The van der Waals surface area contributed by atoms with Gasteiger partial charge in [0.15, 0.2) is 98.9 Å². The fourth-order valence-corrected chi connectivity index (χ4v) is 5.49. The third-order valence-corrected chi connectivity index (χ3v) is 8.20. The Hall–Kier alpha value is -8.38. The Morgan fingerprint density at radius 1 is 0.424 bits per heavy atom. The second-order valence-electron chi connectivity index (χ2n) is 11.4. The van der Waals surface area contributed by atoms with E-state index in [1.165, 1.54) is 12.1 Å². The topological polar surface area (TPSA) is 183 Å². The molecule has 0 atom stereocenters. The van der Waals surface area contributed by atoms with Crippen LogP contribution in [0.15, 0.2) is 43.7 Å². The first kappa shape index (κ1) is 38.9. The molecule has 0 N–H and O–H groups in total. The fourth-order valence-electron chi connectivity index (χ4n) is 5.49. The molecule has 11 nitrogen and oxygen atoms in total. The Bertz CT molecular complexity index is 3270. The summed E-state index contributed by atoms with van der Waals surface area (Å²) in [4.78, 5) is 25.7. The van der Waals surface area contributed by atoms with E-state index < -0.39 is 165 Å². The molecular formula is C35H2F13N11. The van der Waals surface area contributed by atoms with Crippen LogP contribution < -0.4 is 21.4 Å². The first-order valence-electron chi connectivity index (χ1n) is 15.1. The van der Waals surface area contributed by atoms with E-state index in [9.17, 15) is 64.1 Å². The summed E-state index contributed by atoms with van der Waals surface area (Å²) in [6.45, 7) is 0. The van der Waals surface area contributed by atoms with Crippen LogP contribution in [0.5, 0.6) is 0 Å². The molecule has 0 fully saturated rings. The number of hydrogen-bond donors (Lipinski definition) is 0. The summed E-state index contributed by atoms with van der Waals surface area (Å²) >= 11 is 0. The minimum atomic E-state index is -2.63. The maximum atomic E-state index is 15.1. The van der Waals surface area contributed by atoms with E-state index >= 15 is 8.78 Å². The lowest BCUT2D eigenvalue weighted by Gasteiger charge is -2.11. The highest BCUT2D eigenvalue weighted by Crippen LogP contribution is 2.34. The standard InChI is InChI=1S/C35H2F13N11/c36-15-10(5-51)16(37)18(39)13(17(15)38)9(4-50)32-53-12-2-1-7(8(3-49)28(12)54-32)31-57-34(59-35(58-31)14-19(40)21(42)23(44)22(43)20(14)41)11(6-52)33-55-29-26(47)24(45)25(46)27(48)30(29)56-33/h1-2H/b32-9+. The highest BCUT2D eigenvalue weighted by atomic mass is 19.2. The summed E-state index contributed by atoms with van der Waals surface area (Å²) in [6, 6.07) is 6.89. The number of aromatic nitrogens is 3. The summed E-state index contributed by atoms with van der Waals surface area (Å²) in [5, 5.41) is 35.3. The van der Waals surface area contributed by atoms with Crippen molar-refractivity contribution in [3.05, 3.63) is 143 Å². The summed E-state index contributed by atoms with van der Waals surface area (Å²) in [5.74, 6) is -36.2. The molecule has 7 rings (SSSR count). The molecule has 0 amide bonds. The van der Waals surface area contributed by atoms with Crippen molar-refractivity contribution in [1.29, 1.82) is 21.0 Å². The van der Waals surface area contributed by atoms with Gasteiger partial charge in [-0.2, -0.15) is 21.0 Å². The molecule has 5 aromatic rings. The van der Waals surface area contributed by atoms with Gasteiger partial charge in [-0.3, -0.25) is 0 Å². The van der Waals surface area contributed by atoms with Crippen molar-refractivity contribution in [2.45, 2.75) is 0 Å². The second kappa shape index (κ2) is 14.0. The van der Waals surface area contributed by atoms with Crippen LogP contribution in [0.4, 0.5) is 57.1 Å². The highest BCUT2D eigenvalue weighted by Gasteiger charge is 2.33. The van der Waals surface area contributed by atoms with Crippen LogP contribution >= 0.6 is 0 Å². The molecule has 288 valence electrons. The number of nitrogens with zero attached hydrogens (tertiary/aromatic N) is 11. The van der Waals surface area contributed by atoms with Crippen molar-refractivity contribution in [3.8, 4) is 47.1 Å². The van der Waals surface area contributed by atoms with E-state index in [4.69, 9.17) is 5.26 Å². The molecule has 2 aliphatic rings. The molecular weight excluding hydrogens is 821 g/mol. The molecule has 0 spiro atoms. The molecule has 1 aromatic heterocycles. The molecule has 59 heavy (non-hydrogen) atoms. The van der Waals surface area contributed by atoms with Crippen LogP contribution in [-0.4, -0.2) is 15.0 Å². The summed E-state index contributed by atoms with van der Waals surface area (Å²) in [7, 11) is 0. The molecule has 2 aliphatic heterocycles. The van der Waals surface area contributed by atoms with Crippen LogP contribution in [0.25, 0.3) is 33.9 Å². The van der Waals surface area contributed by atoms with Crippen LogP contribution in [0, 0.1) is 121 Å². The first-order valence-corrected chi connectivity index (χ1v) is 15.1. The average molecular weight is 823 g/mol. The van der Waals surface area contributed by atoms with Gasteiger partial charge in [-0.05, 0) is 12.1 Å². The predicted octanol–water partition coefficient (Wildman–Crippen LogP) is 5.05. The van der Waals surface area contributed by atoms with Crippen molar-refractivity contribution < 1.29 is 57.1 Å². The highest BCUT2D eigenvalue weighted by molar-refractivity contribution is 5.81. The minimum Gasteiger partial charge on any atom is -0.226 e. The molecule has 0 bridgehead atoms. The number of rotatable bonds is 4. The van der Waals surface area contributed by atoms with Gasteiger partial charge in [0.1, 0.15) is 57.1 Å². The van der Waals surface area contributed by atoms with Crippen molar-refractivity contribution in [3.63, 3.8) is 0 Å². The molecule has 0 aliphatic carbocycles. The molecule has 24 heteroatoms. The van der Waals surface area contributed by atoms with Crippen molar-refractivity contribution in [2.75, 3.05) is 0 Å². The van der Waals surface area contributed by atoms with E-state index in [-0.39, 0.29) is 0 Å². The molecule has 0 saturated heterocycles. The monoisotopic (exact) mass is 823 g/mol. The third kappa shape index (κ3) is 5.69. The number of allylic oxidation sites excluding steroid dienone is 2. The number of hydrogen-bond acceptors (Lipinski definition) is 11. The number of fused-ring (bicyclic) bond motifs is 2. The van der Waals surface area contributed by atoms with Crippen LogP contribution in [0.2, 0.25) is 0 Å². The summed E-state index contributed by atoms with van der Waals surface area (Å²) in [5.41, 5.74) is -9.04. The van der Waals surface area contributed by atoms with Gasteiger partial charge in [-0.25, -0.2) is 92.0 Å². The lowest BCUT2D eigenvalue weighted by Crippen LogP contribution is -2.32. The molecule has 0 saturated carbocycles. The van der Waals surface area contributed by atoms with E-state index in [1.807, 2.05) is 0 Å². The molecule has 0 unspecified atom stereocenters. The van der Waals surface area contributed by atoms with E-state index in [0.717, 1.165) is 18.2 Å². The van der Waals surface area contributed by atoms with Gasteiger partial charge < -0.3 is 0 Å². The van der Waals surface area contributed by atoms with Gasteiger partial charge in [0.05, 0.1) is 22.0 Å². The van der Waals surface area contributed by atoms with E-state index in [1.54, 1.807) is 6.07 Å². The SMILES string of the molecule is N#CC(=C1N=c2c(F)c(F)c(F)c(F)c2=N1)c1nc(-c2ccc3c(c2C#N)=N/C(=C(\C#N)c2c(F)c(F)c(C#N)c(F)c2F)N=3)nc(-c2c(F)c(F)c(F)c(F)c2F)n1. The fraction of sp³-hybridized carbons (Fsp3) is 0. The lowest BCUT2D eigenvalue weighted by atomic mass is 10.0. The smallest absolute Gasteiger partial charge is 0.200 e. The molecule has 4 aromatic carbocycles. The zero-order chi connectivity index (χ0) is 42.9. The largest absolute Gasteiger partial charge is 0.226 e. The van der Waals surface area contributed by atoms with Gasteiger partial charge in [0.25, 0.3) is 0 Å². The quantitative estimate of drug-likeness (QED) is 0.105. The van der Waals surface area contributed by atoms with Crippen molar-refractivity contribution >= 4 is 11.1 Å². The third-order valence-electron chi connectivity index (χ3n) is 8.20. The zero-order valence-electron chi connectivity index (χ0n) is 27.5. The van der Waals surface area contributed by atoms with Gasteiger partial charge >= 0.3 is 0 Å². The Labute approximate surface area is 314 Å². The van der Waals surface area contributed by atoms with E-state index in [0.29, 0.717) is 0 Å². The Morgan fingerprint density at radius 2 is 0.881 bits per heavy atom. The maximum Gasteiger partial charge on any atom is 0.200 e. The van der Waals surface area contributed by atoms with Crippen LogP contribution in [0.1, 0.15) is 22.5 Å². The average Bonchev–Trinajstić information content (AvgIpc) is 3.87. The van der Waals surface area contributed by atoms with Crippen molar-refractivity contribution in [2.24, 2.45) is 20.0 Å². The van der Waals surface area contributed by atoms with E-state index in [2.05, 4.69) is 34.9 Å². The van der Waals surface area contributed by atoms with Gasteiger partial charge in [0, 0.05) is 5.56 Å². The Balaban J connectivity index is 1.53. The number of nitriles is 4. The van der Waals surface area contributed by atoms with Gasteiger partial charge in [0.2, 0.25) is 5.82 Å². The van der Waals surface area contributed by atoms with Gasteiger partial charge in [-0.1, -0.05) is 0 Å². The second-order valence-corrected chi connectivity index (χ2v) is 11.4. The first-order chi connectivity index (χ1) is 28.0. The predicted molar refractivity (Wildman–Crippen MR) is 162 cm³/mol.